The van der Waals surface area contributed by atoms with Gasteiger partial charge in [0.2, 0.25) is 11.8 Å². The number of hydrogen-bond acceptors (Lipinski definition) is 6. The van der Waals surface area contributed by atoms with Gasteiger partial charge in [-0.25, -0.2) is 4.79 Å². The number of carboxylic acids is 1. The Hall–Kier alpha value is -1.32. The minimum Gasteiger partial charge on any atom is -0.480 e. The Balaban J connectivity index is 4.13. The maximum absolute atomic E-state index is 11.8. The normalized spacial score (nSPS) is 14.8. The number of carbonyl (C=O) groups excluding carboxylic acids is 2. The van der Waals surface area contributed by atoms with Gasteiger partial charge in [-0.05, 0) is 37.4 Å². The van der Waals surface area contributed by atoms with E-state index in [-0.39, 0.29) is 18.2 Å². The summed E-state index contributed by atoms with van der Waals surface area (Å²) in [7, 11) is 0. The van der Waals surface area contributed by atoms with Crippen molar-refractivity contribution in [3.63, 3.8) is 0 Å². The molecule has 24 heavy (non-hydrogen) atoms. The predicted octanol–water partition coefficient (Wildman–Crippen LogP) is -0.527. The minimum atomic E-state index is -1.10. The van der Waals surface area contributed by atoms with Gasteiger partial charge < -0.3 is 27.2 Å². The van der Waals surface area contributed by atoms with Gasteiger partial charge in [-0.1, -0.05) is 13.8 Å². The van der Waals surface area contributed by atoms with Crippen LogP contribution in [0, 0.1) is 5.92 Å². The Kier molecular flexibility index (Phi) is 11.4. The molecule has 3 atom stereocenters. The molecule has 0 radical (unpaired) electrons. The van der Waals surface area contributed by atoms with E-state index in [4.69, 9.17) is 11.5 Å². The van der Waals surface area contributed by atoms with E-state index in [1.165, 1.54) is 0 Å². The van der Waals surface area contributed by atoms with Crippen LogP contribution in [0.4, 0.5) is 0 Å². The van der Waals surface area contributed by atoms with Gasteiger partial charge in [0.25, 0.3) is 0 Å². The second-order valence-electron chi connectivity index (χ2n) is 6.07. The summed E-state index contributed by atoms with van der Waals surface area (Å²) >= 11 is 4.02. The molecule has 0 aromatic heterocycles. The predicted molar refractivity (Wildman–Crippen MR) is 95.7 cm³/mol. The van der Waals surface area contributed by atoms with Crippen LogP contribution in [-0.4, -0.2) is 53.3 Å². The highest BCUT2D eigenvalue weighted by atomic mass is 32.1. The maximum Gasteiger partial charge on any atom is 0.326 e. The van der Waals surface area contributed by atoms with E-state index in [2.05, 4.69) is 23.3 Å². The molecule has 0 aromatic rings. The van der Waals surface area contributed by atoms with Crippen molar-refractivity contribution in [1.29, 1.82) is 0 Å². The lowest BCUT2D eigenvalue weighted by molar-refractivity contribution is -0.142. The maximum atomic E-state index is 11.8. The molecule has 0 heterocycles. The summed E-state index contributed by atoms with van der Waals surface area (Å²) in [5, 5.41) is 14.3. The van der Waals surface area contributed by atoms with E-state index in [0.29, 0.717) is 31.6 Å². The number of amides is 2. The van der Waals surface area contributed by atoms with E-state index in [1.54, 1.807) is 13.8 Å². The van der Waals surface area contributed by atoms with Gasteiger partial charge >= 0.3 is 5.97 Å². The number of hydrogen-bond donors (Lipinski definition) is 6. The van der Waals surface area contributed by atoms with Crippen molar-refractivity contribution >= 4 is 30.4 Å². The molecule has 7 N–H and O–H groups in total. The second kappa shape index (κ2) is 12.1. The number of thiol groups is 1. The van der Waals surface area contributed by atoms with Crippen LogP contribution in [0.15, 0.2) is 0 Å². The summed E-state index contributed by atoms with van der Waals surface area (Å²) < 4.78 is 0. The topological polar surface area (TPSA) is 148 Å². The largest absolute Gasteiger partial charge is 0.480 e. The molecule has 0 aliphatic rings. The van der Waals surface area contributed by atoms with E-state index in [1.807, 2.05) is 0 Å². The molecule has 0 spiro atoms. The second-order valence-corrected chi connectivity index (χ2v) is 6.52. The van der Waals surface area contributed by atoms with Crippen molar-refractivity contribution in [2.45, 2.75) is 57.7 Å². The quantitative estimate of drug-likeness (QED) is 0.203. The van der Waals surface area contributed by atoms with Gasteiger partial charge in [0.15, 0.2) is 0 Å². The van der Waals surface area contributed by atoms with Gasteiger partial charge in [0, 0.05) is 6.54 Å². The third kappa shape index (κ3) is 9.09. The fourth-order valence-electron chi connectivity index (χ4n) is 1.91. The average molecular weight is 362 g/mol. The summed E-state index contributed by atoms with van der Waals surface area (Å²) in [6.07, 6.45) is 1.90. The van der Waals surface area contributed by atoms with Gasteiger partial charge in [0.1, 0.15) is 6.04 Å². The van der Waals surface area contributed by atoms with Crippen LogP contribution >= 0.6 is 12.6 Å². The van der Waals surface area contributed by atoms with Crippen molar-refractivity contribution < 1.29 is 19.5 Å². The van der Waals surface area contributed by atoms with Crippen LogP contribution in [0.25, 0.3) is 0 Å². The summed E-state index contributed by atoms with van der Waals surface area (Å²) in [5.74, 6) is -1.35. The highest BCUT2D eigenvalue weighted by molar-refractivity contribution is 7.80. The lowest BCUT2D eigenvalue weighted by Crippen LogP contribution is -2.50. The van der Waals surface area contributed by atoms with E-state index in [0.717, 1.165) is 0 Å². The van der Waals surface area contributed by atoms with Gasteiger partial charge in [-0.2, -0.15) is 12.6 Å². The van der Waals surface area contributed by atoms with Crippen molar-refractivity contribution in [3.05, 3.63) is 0 Å². The smallest absolute Gasteiger partial charge is 0.326 e. The summed E-state index contributed by atoms with van der Waals surface area (Å²) in [6, 6.07) is -2.30. The SMILES string of the molecule is CC(C)[C@H](N)C(=O)N[C@@H](CCCCNC(=O)[C@@H](N)CCS)C(=O)O. The molecule has 0 aliphatic heterocycles. The Morgan fingerprint density at radius 1 is 1.08 bits per heavy atom. The third-order valence-corrected chi connectivity index (χ3v) is 3.89. The number of aliphatic carboxylic acids is 1. The first-order chi connectivity index (χ1) is 11.2. The Morgan fingerprint density at radius 3 is 2.21 bits per heavy atom. The number of carbonyl (C=O) groups is 3. The van der Waals surface area contributed by atoms with Crippen molar-refractivity contribution in [1.82, 2.24) is 10.6 Å². The first kappa shape index (κ1) is 22.7. The monoisotopic (exact) mass is 362 g/mol. The number of rotatable bonds is 12. The Morgan fingerprint density at radius 2 is 1.71 bits per heavy atom. The first-order valence-electron chi connectivity index (χ1n) is 8.13. The molecular weight excluding hydrogens is 332 g/mol. The molecular formula is C15H30N4O4S. The van der Waals surface area contributed by atoms with Crippen LogP contribution in [0.2, 0.25) is 0 Å². The Bertz CT molecular complexity index is 420. The highest BCUT2D eigenvalue weighted by Crippen LogP contribution is 2.04. The molecule has 0 rings (SSSR count). The molecule has 0 unspecified atom stereocenters. The van der Waals surface area contributed by atoms with E-state index in [9.17, 15) is 19.5 Å². The molecule has 0 bridgehead atoms. The number of nitrogens with one attached hydrogen (secondary N) is 2. The zero-order valence-electron chi connectivity index (χ0n) is 14.3. The first-order valence-corrected chi connectivity index (χ1v) is 8.76. The van der Waals surface area contributed by atoms with Crippen molar-refractivity contribution in [2.24, 2.45) is 17.4 Å². The molecule has 8 nitrogen and oxygen atoms in total. The molecule has 0 saturated heterocycles. The molecule has 9 heteroatoms. The fraction of sp³-hybridized carbons (Fsp3) is 0.800. The number of nitrogens with two attached hydrogens (primary N) is 2. The minimum absolute atomic E-state index is 0.0730. The number of carboxylic acid groups (broad SMARTS) is 1. The molecule has 140 valence electrons. The Labute approximate surface area is 148 Å². The standard InChI is InChI=1S/C15H30N4O4S/c1-9(2)12(17)14(21)19-11(15(22)23)5-3-4-7-18-13(20)10(16)6-8-24/h9-12,24H,3-8,16-17H2,1-2H3,(H,18,20)(H,19,21)(H,22,23)/t10-,11-,12-/m0/s1. The fourth-order valence-corrected chi connectivity index (χ4v) is 2.19. The van der Waals surface area contributed by atoms with E-state index >= 15 is 0 Å². The third-order valence-electron chi connectivity index (χ3n) is 3.63. The van der Waals surface area contributed by atoms with Crippen molar-refractivity contribution in [2.75, 3.05) is 12.3 Å². The molecule has 0 aromatic carbocycles. The van der Waals surface area contributed by atoms with Crippen LogP contribution in [0.5, 0.6) is 0 Å². The lowest BCUT2D eigenvalue weighted by atomic mass is 10.0. The van der Waals surface area contributed by atoms with Crippen molar-refractivity contribution in [3.8, 4) is 0 Å². The van der Waals surface area contributed by atoms with Crippen LogP contribution in [-0.2, 0) is 14.4 Å². The van der Waals surface area contributed by atoms with Crippen LogP contribution in [0.3, 0.4) is 0 Å². The summed E-state index contributed by atoms with van der Waals surface area (Å²) in [4.78, 5) is 34.6. The van der Waals surface area contributed by atoms with Crippen LogP contribution in [0.1, 0.15) is 39.5 Å². The highest BCUT2D eigenvalue weighted by Gasteiger charge is 2.24. The zero-order valence-corrected chi connectivity index (χ0v) is 15.2. The molecule has 0 fully saturated rings. The molecule has 0 aliphatic carbocycles. The number of unbranched alkanes of at least 4 members (excludes halogenated alkanes) is 1. The van der Waals surface area contributed by atoms with Gasteiger partial charge in [-0.15, -0.1) is 0 Å². The van der Waals surface area contributed by atoms with Gasteiger partial charge in [0.05, 0.1) is 12.1 Å². The summed E-state index contributed by atoms with van der Waals surface area (Å²) in [6.45, 7) is 3.99. The van der Waals surface area contributed by atoms with Gasteiger partial charge in [-0.3, -0.25) is 9.59 Å². The van der Waals surface area contributed by atoms with Crippen LogP contribution < -0.4 is 22.1 Å². The molecule has 0 saturated carbocycles. The lowest BCUT2D eigenvalue weighted by Gasteiger charge is -2.19. The van der Waals surface area contributed by atoms with E-state index < -0.39 is 30.0 Å². The average Bonchev–Trinajstić information content (AvgIpc) is 2.51. The summed E-state index contributed by atoms with van der Waals surface area (Å²) in [5.41, 5.74) is 11.3. The molecule has 2 amide bonds. The zero-order chi connectivity index (χ0) is 18.7.